The lowest BCUT2D eigenvalue weighted by atomic mass is 10.0. The normalized spacial score (nSPS) is 10.6. The molecule has 2 aromatic rings. The number of benzene rings is 2. The van der Waals surface area contributed by atoms with Crippen LogP contribution < -0.4 is 5.73 Å². The Bertz CT molecular complexity index is 432. The predicted molar refractivity (Wildman–Crippen MR) is 56.6 cm³/mol. The Hall–Kier alpha value is -1.34. The number of hydrogen-bond acceptors (Lipinski definition) is 1. The van der Waals surface area contributed by atoms with Crippen LogP contribution in [0.5, 0.6) is 0 Å². The molecular weight excluding hydrogens is 158 g/mol. The Morgan fingerprint density at radius 3 is 2.38 bits per heavy atom. The molecule has 0 aliphatic heterocycles. The second-order valence-corrected chi connectivity index (χ2v) is 3.29. The number of aryl methyl sites for hydroxylation is 1. The van der Waals surface area contributed by atoms with Crippen molar-refractivity contribution in [2.45, 2.75) is 13.5 Å². The first-order valence-electron chi connectivity index (χ1n) is 4.50. The van der Waals surface area contributed by atoms with E-state index >= 15 is 0 Å². The topological polar surface area (TPSA) is 26.0 Å². The number of rotatable bonds is 1. The highest BCUT2D eigenvalue weighted by atomic mass is 14.5. The summed E-state index contributed by atoms with van der Waals surface area (Å²) < 4.78 is 0. The van der Waals surface area contributed by atoms with Crippen LogP contribution in [0.25, 0.3) is 10.8 Å². The molecule has 2 rings (SSSR count). The standard InChI is InChI=1S/C12H13N/c1-9-6-7-10(8-13)12-5-3-2-4-11(9)12/h2-7H,8,13H2,1H3. The van der Waals surface area contributed by atoms with Gasteiger partial charge < -0.3 is 5.73 Å². The van der Waals surface area contributed by atoms with Crippen LogP contribution in [0.4, 0.5) is 0 Å². The van der Waals surface area contributed by atoms with E-state index in [0.717, 1.165) is 0 Å². The molecule has 0 aliphatic rings. The van der Waals surface area contributed by atoms with Crippen molar-refractivity contribution in [1.29, 1.82) is 0 Å². The van der Waals surface area contributed by atoms with E-state index in [9.17, 15) is 0 Å². The quantitative estimate of drug-likeness (QED) is 0.701. The van der Waals surface area contributed by atoms with Gasteiger partial charge in [-0.3, -0.25) is 0 Å². The zero-order chi connectivity index (χ0) is 9.26. The molecule has 0 saturated heterocycles. The molecule has 0 fully saturated rings. The predicted octanol–water partition coefficient (Wildman–Crippen LogP) is 2.61. The van der Waals surface area contributed by atoms with Gasteiger partial charge in [0.2, 0.25) is 0 Å². The van der Waals surface area contributed by atoms with Crippen molar-refractivity contribution in [3.63, 3.8) is 0 Å². The van der Waals surface area contributed by atoms with Crippen LogP contribution in [0.2, 0.25) is 0 Å². The molecule has 0 atom stereocenters. The minimum absolute atomic E-state index is 0.612. The van der Waals surface area contributed by atoms with Gasteiger partial charge in [0.05, 0.1) is 0 Å². The number of hydrogen-bond donors (Lipinski definition) is 1. The van der Waals surface area contributed by atoms with Crippen molar-refractivity contribution in [3.8, 4) is 0 Å². The van der Waals surface area contributed by atoms with Crippen LogP contribution >= 0.6 is 0 Å². The summed E-state index contributed by atoms with van der Waals surface area (Å²) in [5.41, 5.74) is 8.20. The number of fused-ring (bicyclic) bond motifs is 1. The van der Waals surface area contributed by atoms with Gasteiger partial charge in [0.25, 0.3) is 0 Å². The molecule has 13 heavy (non-hydrogen) atoms. The Labute approximate surface area is 78.2 Å². The second-order valence-electron chi connectivity index (χ2n) is 3.29. The second kappa shape index (κ2) is 3.19. The first-order valence-corrected chi connectivity index (χ1v) is 4.50. The monoisotopic (exact) mass is 171 g/mol. The Kier molecular flexibility index (Phi) is 2.03. The summed E-state index contributed by atoms with van der Waals surface area (Å²) in [5.74, 6) is 0. The molecule has 0 spiro atoms. The van der Waals surface area contributed by atoms with Gasteiger partial charge in [-0.25, -0.2) is 0 Å². The lowest BCUT2D eigenvalue weighted by molar-refractivity contribution is 1.08. The molecule has 1 nitrogen and oxygen atoms in total. The van der Waals surface area contributed by atoms with E-state index in [-0.39, 0.29) is 0 Å². The van der Waals surface area contributed by atoms with E-state index < -0.39 is 0 Å². The van der Waals surface area contributed by atoms with Gasteiger partial charge in [-0.15, -0.1) is 0 Å². The van der Waals surface area contributed by atoms with Gasteiger partial charge in [-0.1, -0.05) is 36.4 Å². The molecule has 0 heterocycles. The third-order valence-electron chi connectivity index (χ3n) is 2.45. The SMILES string of the molecule is Cc1ccc(CN)c2ccccc12. The van der Waals surface area contributed by atoms with Crippen molar-refractivity contribution in [2.75, 3.05) is 0 Å². The molecule has 0 amide bonds. The van der Waals surface area contributed by atoms with E-state index in [1.165, 1.54) is 21.9 Å². The maximum absolute atomic E-state index is 5.67. The highest BCUT2D eigenvalue weighted by molar-refractivity contribution is 5.88. The molecule has 2 aromatic carbocycles. The highest BCUT2D eigenvalue weighted by Gasteiger charge is 2.00. The summed E-state index contributed by atoms with van der Waals surface area (Å²) in [7, 11) is 0. The van der Waals surface area contributed by atoms with E-state index in [2.05, 4.69) is 43.3 Å². The fourth-order valence-corrected chi connectivity index (χ4v) is 1.69. The smallest absolute Gasteiger partial charge is 0.0184 e. The lowest BCUT2D eigenvalue weighted by Crippen LogP contribution is -1.97. The maximum Gasteiger partial charge on any atom is 0.0184 e. The van der Waals surface area contributed by atoms with Crippen molar-refractivity contribution in [3.05, 3.63) is 47.5 Å². The van der Waals surface area contributed by atoms with Crippen LogP contribution in [0.15, 0.2) is 36.4 Å². The van der Waals surface area contributed by atoms with Crippen LogP contribution in [0.3, 0.4) is 0 Å². The average molecular weight is 171 g/mol. The number of nitrogens with two attached hydrogens (primary N) is 1. The fourth-order valence-electron chi connectivity index (χ4n) is 1.69. The summed E-state index contributed by atoms with van der Waals surface area (Å²) in [4.78, 5) is 0. The molecule has 0 unspecified atom stereocenters. The van der Waals surface area contributed by atoms with Crippen LogP contribution in [-0.4, -0.2) is 0 Å². The largest absolute Gasteiger partial charge is 0.326 e. The molecule has 0 bridgehead atoms. The zero-order valence-corrected chi connectivity index (χ0v) is 7.75. The molecule has 1 heteroatoms. The van der Waals surface area contributed by atoms with Crippen LogP contribution in [-0.2, 0) is 6.54 Å². The summed E-state index contributed by atoms with van der Waals surface area (Å²) in [6.07, 6.45) is 0. The van der Waals surface area contributed by atoms with Gasteiger partial charge in [-0.2, -0.15) is 0 Å². The molecule has 0 aliphatic carbocycles. The Balaban J connectivity index is 2.84. The van der Waals surface area contributed by atoms with Crippen molar-refractivity contribution >= 4 is 10.8 Å². The van der Waals surface area contributed by atoms with Crippen molar-refractivity contribution in [1.82, 2.24) is 0 Å². The molecule has 66 valence electrons. The van der Waals surface area contributed by atoms with Crippen LogP contribution in [0, 0.1) is 6.92 Å². The summed E-state index contributed by atoms with van der Waals surface area (Å²) in [6.45, 7) is 2.74. The van der Waals surface area contributed by atoms with Crippen molar-refractivity contribution in [2.24, 2.45) is 5.73 Å². The molecule has 0 saturated carbocycles. The highest BCUT2D eigenvalue weighted by Crippen LogP contribution is 2.21. The summed E-state index contributed by atoms with van der Waals surface area (Å²) in [6, 6.07) is 12.6. The first kappa shape index (κ1) is 8.27. The first-order chi connectivity index (χ1) is 6.33. The molecular formula is C12H13N. The van der Waals surface area contributed by atoms with E-state index in [1.807, 2.05) is 0 Å². The Morgan fingerprint density at radius 2 is 1.69 bits per heavy atom. The minimum Gasteiger partial charge on any atom is -0.326 e. The molecule has 0 aromatic heterocycles. The van der Waals surface area contributed by atoms with E-state index in [4.69, 9.17) is 5.73 Å². The zero-order valence-electron chi connectivity index (χ0n) is 7.75. The Morgan fingerprint density at radius 1 is 1.00 bits per heavy atom. The maximum atomic E-state index is 5.67. The van der Waals surface area contributed by atoms with Crippen molar-refractivity contribution < 1.29 is 0 Å². The molecule has 0 radical (unpaired) electrons. The average Bonchev–Trinajstić information content (AvgIpc) is 2.19. The van der Waals surface area contributed by atoms with Gasteiger partial charge in [0, 0.05) is 6.54 Å². The summed E-state index contributed by atoms with van der Waals surface area (Å²) in [5, 5.41) is 2.59. The third-order valence-corrected chi connectivity index (χ3v) is 2.45. The fraction of sp³-hybridized carbons (Fsp3) is 0.167. The van der Waals surface area contributed by atoms with Gasteiger partial charge >= 0.3 is 0 Å². The van der Waals surface area contributed by atoms with Gasteiger partial charge in [0.1, 0.15) is 0 Å². The third kappa shape index (κ3) is 1.31. The van der Waals surface area contributed by atoms with Gasteiger partial charge in [0.15, 0.2) is 0 Å². The van der Waals surface area contributed by atoms with E-state index in [0.29, 0.717) is 6.54 Å². The van der Waals surface area contributed by atoms with Crippen LogP contribution in [0.1, 0.15) is 11.1 Å². The summed E-state index contributed by atoms with van der Waals surface area (Å²) >= 11 is 0. The van der Waals surface area contributed by atoms with E-state index in [1.54, 1.807) is 0 Å². The molecule has 2 N–H and O–H groups in total. The van der Waals surface area contributed by atoms with Gasteiger partial charge in [-0.05, 0) is 28.8 Å². The lowest BCUT2D eigenvalue weighted by Gasteiger charge is -2.06. The minimum atomic E-state index is 0.612.